The summed E-state index contributed by atoms with van der Waals surface area (Å²) in [6.45, 7) is 2.02. The van der Waals surface area contributed by atoms with Crippen LogP contribution in [0.5, 0.6) is 0 Å². The van der Waals surface area contributed by atoms with E-state index in [1.54, 1.807) is 6.20 Å². The summed E-state index contributed by atoms with van der Waals surface area (Å²) >= 11 is 6.10. The summed E-state index contributed by atoms with van der Waals surface area (Å²) in [6.07, 6.45) is 1.66. The van der Waals surface area contributed by atoms with Crippen molar-refractivity contribution in [2.24, 2.45) is 0 Å². The molecule has 16 heavy (non-hydrogen) atoms. The fraction of sp³-hybridized carbons (Fsp3) is 0.182. The van der Waals surface area contributed by atoms with E-state index in [9.17, 15) is 0 Å². The molecule has 0 aliphatic rings. The number of halogens is 1. The average Bonchev–Trinajstić information content (AvgIpc) is 2.65. The third-order valence-corrected chi connectivity index (χ3v) is 2.76. The lowest BCUT2D eigenvalue weighted by atomic mass is 10.1. The van der Waals surface area contributed by atoms with Gasteiger partial charge in [-0.1, -0.05) is 29.8 Å². The highest BCUT2D eigenvalue weighted by molar-refractivity contribution is 6.31. The highest BCUT2D eigenvalue weighted by atomic mass is 35.5. The summed E-state index contributed by atoms with van der Waals surface area (Å²) < 4.78 is 0. The summed E-state index contributed by atoms with van der Waals surface area (Å²) in [5.41, 5.74) is 7.51. The van der Waals surface area contributed by atoms with Gasteiger partial charge in [0.2, 0.25) is 0 Å². The molecule has 0 radical (unpaired) electrons. The van der Waals surface area contributed by atoms with Crippen LogP contribution in [-0.4, -0.2) is 10.2 Å². The number of rotatable bonds is 3. The molecule has 4 nitrogen and oxygen atoms in total. The van der Waals surface area contributed by atoms with Gasteiger partial charge in [0.15, 0.2) is 0 Å². The van der Waals surface area contributed by atoms with Gasteiger partial charge in [0, 0.05) is 5.02 Å². The normalized spacial score (nSPS) is 12.4. The molecule has 2 rings (SSSR count). The van der Waals surface area contributed by atoms with Crippen molar-refractivity contribution in [3.05, 3.63) is 41.0 Å². The largest absolute Gasteiger partial charge is 0.382 e. The van der Waals surface area contributed by atoms with E-state index in [1.165, 1.54) is 0 Å². The maximum Gasteiger partial charge on any atom is 0.142 e. The van der Waals surface area contributed by atoms with Crippen molar-refractivity contribution in [3.8, 4) is 0 Å². The minimum atomic E-state index is 0.0774. The molecule has 4 N–H and O–H groups in total. The number of aromatic nitrogens is 2. The fourth-order valence-electron chi connectivity index (χ4n) is 1.55. The standard InChI is InChI=1S/C11H13ClN4/c1-7(8-4-2-3-5-9(8)12)15-10-6-14-16-11(10)13/h2-7,15H,1H3,(H3,13,14,16). The molecule has 1 unspecified atom stereocenters. The van der Waals surface area contributed by atoms with Gasteiger partial charge in [0.05, 0.1) is 17.9 Å². The second kappa shape index (κ2) is 4.45. The van der Waals surface area contributed by atoms with E-state index in [4.69, 9.17) is 17.3 Å². The summed E-state index contributed by atoms with van der Waals surface area (Å²) in [7, 11) is 0. The number of H-pyrrole nitrogens is 1. The Kier molecular flexibility index (Phi) is 3.01. The number of aromatic amines is 1. The predicted octanol–water partition coefficient (Wildman–Crippen LogP) is 2.82. The zero-order chi connectivity index (χ0) is 11.5. The number of hydrogen-bond acceptors (Lipinski definition) is 3. The van der Waals surface area contributed by atoms with Gasteiger partial charge in [0.1, 0.15) is 5.82 Å². The van der Waals surface area contributed by atoms with Gasteiger partial charge in [-0.15, -0.1) is 0 Å². The smallest absolute Gasteiger partial charge is 0.142 e. The van der Waals surface area contributed by atoms with Gasteiger partial charge < -0.3 is 11.1 Å². The van der Waals surface area contributed by atoms with E-state index in [0.29, 0.717) is 5.82 Å². The van der Waals surface area contributed by atoms with E-state index in [1.807, 2.05) is 31.2 Å². The van der Waals surface area contributed by atoms with Gasteiger partial charge in [-0.05, 0) is 18.6 Å². The maximum atomic E-state index is 6.10. The first-order valence-electron chi connectivity index (χ1n) is 4.98. The SMILES string of the molecule is CC(Nc1cn[nH]c1N)c1ccccc1Cl. The lowest BCUT2D eigenvalue weighted by molar-refractivity contribution is 0.886. The first-order valence-corrected chi connectivity index (χ1v) is 5.36. The van der Waals surface area contributed by atoms with Crippen LogP contribution >= 0.6 is 11.6 Å². The van der Waals surface area contributed by atoms with E-state index in [2.05, 4.69) is 15.5 Å². The topological polar surface area (TPSA) is 66.7 Å². The van der Waals surface area contributed by atoms with Crippen LogP contribution in [0.3, 0.4) is 0 Å². The molecule has 5 heteroatoms. The van der Waals surface area contributed by atoms with Gasteiger partial charge >= 0.3 is 0 Å². The number of nitrogen functional groups attached to an aromatic ring is 1. The lowest BCUT2D eigenvalue weighted by Crippen LogP contribution is -2.07. The Morgan fingerprint density at radius 2 is 2.19 bits per heavy atom. The number of hydrogen-bond donors (Lipinski definition) is 3. The predicted molar refractivity (Wildman–Crippen MR) is 66.5 cm³/mol. The zero-order valence-corrected chi connectivity index (χ0v) is 9.62. The van der Waals surface area contributed by atoms with Crippen molar-refractivity contribution >= 4 is 23.1 Å². The molecule has 0 aliphatic heterocycles. The number of nitrogens with one attached hydrogen (secondary N) is 2. The molecule has 0 aliphatic carbocycles. The van der Waals surface area contributed by atoms with Gasteiger partial charge in [0.25, 0.3) is 0 Å². The molecule has 0 saturated heterocycles. The molecule has 0 bridgehead atoms. The van der Waals surface area contributed by atoms with Crippen molar-refractivity contribution in [2.75, 3.05) is 11.1 Å². The molecular formula is C11H13ClN4. The number of anilines is 2. The van der Waals surface area contributed by atoms with Crippen molar-refractivity contribution in [3.63, 3.8) is 0 Å². The Morgan fingerprint density at radius 1 is 1.44 bits per heavy atom. The van der Waals surface area contributed by atoms with E-state index < -0.39 is 0 Å². The van der Waals surface area contributed by atoms with Crippen LogP contribution in [-0.2, 0) is 0 Å². The van der Waals surface area contributed by atoms with E-state index >= 15 is 0 Å². The summed E-state index contributed by atoms with van der Waals surface area (Å²) in [6, 6.07) is 7.79. The van der Waals surface area contributed by atoms with Crippen LogP contribution in [0.25, 0.3) is 0 Å². The van der Waals surface area contributed by atoms with Gasteiger partial charge in [-0.25, -0.2) is 0 Å². The second-order valence-electron chi connectivity index (χ2n) is 3.58. The van der Waals surface area contributed by atoms with Gasteiger partial charge in [-0.3, -0.25) is 5.10 Å². The molecule has 0 spiro atoms. The van der Waals surface area contributed by atoms with Crippen molar-refractivity contribution in [2.45, 2.75) is 13.0 Å². The summed E-state index contributed by atoms with van der Waals surface area (Å²) in [5, 5.41) is 10.5. The highest BCUT2D eigenvalue weighted by Gasteiger charge is 2.10. The van der Waals surface area contributed by atoms with Crippen LogP contribution in [0.1, 0.15) is 18.5 Å². The zero-order valence-electron chi connectivity index (χ0n) is 8.87. The average molecular weight is 237 g/mol. The van der Waals surface area contributed by atoms with Crippen molar-refractivity contribution in [1.82, 2.24) is 10.2 Å². The van der Waals surface area contributed by atoms with Crippen LogP contribution in [0.4, 0.5) is 11.5 Å². The molecule has 0 fully saturated rings. The Bertz CT molecular complexity index is 480. The molecule has 1 aromatic carbocycles. The number of nitrogens with two attached hydrogens (primary N) is 1. The fourth-order valence-corrected chi connectivity index (χ4v) is 1.85. The first-order chi connectivity index (χ1) is 7.68. The molecule has 0 saturated carbocycles. The molecular weight excluding hydrogens is 224 g/mol. The van der Waals surface area contributed by atoms with Crippen LogP contribution in [0.15, 0.2) is 30.5 Å². The molecule has 1 atom stereocenters. The second-order valence-corrected chi connectivity index (χ2v) is 3.99. The van der Waals surface area contributed by atoms with Crippen molar-refractivity contribution in [1.29, 1.82) is 0 Å². The van der Waals surface area contributed by atoms with Crippen LogP contribution in [0.2, 0.25) is 5.02 Å². The Hall–Kier alpha value is -1.68. The van der Waals surface area contributed by atoms with Crippen LogP contribution < -0.4 is 11.1 Å². The van der Waals surface area contributed by atoms with Gasteiger partial charge in [-0.2, -0.15) is 5.10 Å². The first kappa shape index (κ1) is 10.8. The molecule has 1 aromatic heterocycles. The third kappa shape index (κ3) is 2.12. The molecule has 0 amide bonds. The van der Waals surface area contributed by atoms with E-state index in [0.717, 1.165) is 16.3 Å². The van der Waals surface area contributed by atoms with Crippen LogP contribution in [0, 0.1) is 0 Å². The van der Waals surface area contributed by atoms with E-state index in [-0.39, 0.29) is 6.04 Å². The Labute approximate surface area is 98.8 Å². The highest BCUT2D eigenvalue weighted by Crippen LogP contribution is 2.26. The molecule has 1 heterocycles. The third-order valence-electron chi connectivity index (χ3n) is 2.41. The quantitative estimate of drug-likeness (QED) is 0.768. The lowest BCUT2D eigenvalue weighted by Gasteiger charge is -2.15. The maximum absolute atomic E-state index is 6.10. The Balaban J connectivity index is 2.18. The number of benzene rings is 1. The number of nitrogens with zero attached hydrogens (tertiary/aromatic N) is 1. The monoisotopic (exact) mass is 236 g/mol. The van der Waals surface area contributed by atoms with Crippen molar-refractivity contribution < 1.29 is 0 Å². The summed E-state index contributed by atoms with van der Waals surface area (Å²) in [4.78, 5) is 0. The minimum Gasteiger partial charge on any atom is -0.382 e. The molecule has 2 aromatic rings. The minimum absolute atomic E-state index is 0.0774. The summed E-state index contributed by atoms with van der Waals surface area (Å²) in [5.74, 6) is 0.527. The molecule has 84 valence electrons. The Morgan fingerprint density at radius 3 is 2.81 bits per heavy atom.